The van der Waals surface area contributed by atoms with Gasteiger partial charge in [-0.15, -0.1) is 11.3 Å². The van der Waals surface area contributed by atoms with Crippen LogP contribution in [0.4, 0.5) is 5.69 Å². The predicted octanol–water partition coefficient (Wildman–Crippen LogP) is 4.95. The lowest BCUT2D eigenvalue weighted by Gasteiger charge is -2.09. The van der Waals surface area contributed by atoms with E-state index in [-0.39, 0.29) is 0 Å². The van der Waals surface area contributed by atoms with Crippen LogP contribution in [0.5, 0.6) is 0 Å². The van der Waals surface area contributed by atoms with Gasteiger partial charge in [0.05, 0.1) is 0 Å². The highest BCUT2D eigenvalue weighted by Crippen LogP contribution is 2.23. The largest absolute Gasteiger partial charge is 0.385 e. The number of hydrogen-bond donors (Lipinski definition) is 1. The lowest BCUT2D eigenvalue weighted by molar-refractivity contribution is 0.876. The Labute approximate surface area is 117 Å². The summed E-state index contributed by atoms with van der Waals surface area (Å²) in [4.78, 5) is 1.47. The lowest BCUT2D eigenvalue weighted by atomic mass is 10.1. The third kappa shape index (κ3) is 2.96. The maximum Gasteiger partial charge on any atom is 0.0419 e. The number of anilines is 1. The van der Waals surface area contributed by atoms with Gasteiger partial charge in [0.25, 0.3) is 0 Å². The van der Waals surface area contributed by atoms with E-state index in [1.807, 2.05) is 11.3 Å². The second-order valence-electron chi connectivity index (χ2n) is 4.64. The number of hydrogen-bond acceptors (Lipinski definition) is 2. The van der Waals surface area contributed by atoms with Gasteiger partial charge in [-0.25, -0.2) is 0 Å². The first-order chi connectivity index (χ1) is 9.43. The smallest absolute Gasteiger partial charge is 0.0419 e. The molecule has 19 heavy (non-hydrogen) atoms. The Morgan fingerprint density at radius 1 is 0.895 bits per heavy atom. The SMILES string of the molecule is c1csc(CCCNc2cccc3ccccc23)c1. The van der Waals surface area contributed by atoms with Crippen molar-refractivity contribution in [2.75, 3.05) is 11.9 Å². The minimum atomic E-state index is 1.02. The number of aryl methyl sites for hydroxylation is 1. The van der Waals surface area contributed by atoms with E-state index in [4.69, 9.17) is 0 Å². The molecule has 1 N–H and O–H groups in total. The van der Waals surface area contributed by atoms with Gasteiger partial charge >= 0.3 is 0 Å². The topological polar surface area (TPSA) is 12.0 Å². The number of rotatable bonds is 5. The zero-order chi connectivity index (χ0) is 12.9. The number of nitrogens with one attached hydrogen (secondary N) is 1. The summed E-state index contributed by atoms with van der Waals surface area (Å²) in [6, 6.07) is 19.3. The van der Waals surface area contributed by atoms with E-state index < -0.39 is 0 Å². The van der Waals surface area contributed by atoms with Crippen molar-refractivity contribution in [3.63, 3.8) is 0 Å². The van der Waals surface area contributed by atoms with Gasteiger partial charge in [-0.3, -0.25) is 0 Å². The fraction of sp³-hybridized carbons (Fsp3) is 0.176. The molecular formula is C17H17NS. The zero-order valence-electron chi connectivity index (χ0n) is 10.8. The molecule has 0 amide bonds. The maximum absolute atomic E-state index is 3.55. The molecule has 0 unspecified atom stereocenters. The van der Waals surface area contributed by atoms with Gasteiger partial charge in [0.15, 0.2) is 0 Å². The van der Waals surface area contributed by atoms with E-state index in [2.05, 4.69) is 65.3 Å². The fourth-order valence-corrected chi connectivity index (χ4v) is 3.07. The molecule has 0 atom stereocenters. The van der Waals surface area contributed by atoms with E-state index in [1.165, 1.54) is 27.8 Å². The summed E-state index contributed by atoms with van der Waals surface area (Å²) in [7, 11) is 0. The summed E-state index contributed by atoms with van der Waals surface area (Å²) >= 11 is 1.84. The minimum absolute atomic E-state index is 1.02. The van der Waals surface area contributed by atoms with Crippen LogP contribution >= 0.6 is 11.3 Å². The molecule has 0 saturated heterocycles. The van der Waals surface area contributed by atoms with Crippen LogP contribution in [-0.4, -0.2) is 6.54 Å². The Hall–Kier alpha value is -1.80. The summed E-state index contributed by atoms with van der Waals surface area (Å²) < 4.78 is 0. The first-order valence-corrected chi connectivity index (χ1v) is 7.55. The highest BCUT2D eigenvalue weighted by molar-refractivity contribution is 7.09. The van der Waals surface area contributed by atoms with Crippen molar-refractivity contribution in [3.8, 4) is 0 Å². The Bertz CT molecular complexity index is 638. The summed E-state index contributed by atoms with van der Waals surface area (Å²) in [6.45, 7) is 1.02. The number of benzene rings is 2. The van der Waals surface area contributed by atoms with Crippen molar-refractivity contribution >= 4 is 27.8 Å². The second-order valence-corrected chi connectivity index (χ2v) is 5.67. The summed E-state index contributed by atoms with van der Waals surface area (Å²) in [6.07, 6.45) is 2.33. The van der Waals surface area contributed by atoms with Crippen LogP contribution in [0.1, 0.15) is 11.3 Å². The van der Waals surface area contributed by atoms with E-state index in [1.54, 1.807) is 0 Å². The van der Waals surface area contributed by atoms with Crippen molar-refractivity contribution in [1.29, 1.82) is 0 Å². The average molecular weight is 267 g/mol. The molecule has 0 saturated carbocycles. The van der Waals surface area contributed by atoms with Gasteiger partial charge in [-0.05, 0) is 35.7 Å². The van der Waals surface area contributed by atoms with Crippen molar-refractivity contribution < 1.29 is 0 Å². The fourth-order valence-electron chi connectivity index (χ4n) is 2.32. The maximum atomic E-state index is 3.55. The molecule has 0 bridgehead atoms. The van der Waals surface area contributed by atoms with Crippen LogP contribution in [-0.2, 0) is 6.42 Å². The minimum Gasteiger partial charge on any atom is -0.385 e. The Balaban J connectivity index is 1.62. The summed E-state index contributed by atoms with van der Waals surface area (Å²) in [5, 5.41) is 8.30. The molecule has 1 aromatic heterocycles. The van der Waals surface area contributed by atoms with E-state index in [0.29, 0.717) is 0 Å². The first-order valence-electron chi connectivity index (χ1n) is 6.67. The van der Waals surface area contributed by atoms with E-state index in [9.17, 15) is 0 Å². The van der Waals surface area contributed by atoms with Crippen LogP contribution in [0.3, 0.4) is 0 Å². The van der Waals surface area contributed by atoms with Crippen LogP contribution in [0.15, 0.2) is 60.0 Å². The van der Waals surface area contributed by atoms with Gasteiger partial charge in [-0.1, -0.05) is 42.5 Å². The Morgan fingerprint density at radius 2 is 1.79 bits per heavy atom. The molecule has 0 fully saturated rings. The molecule has 96 valence electrons. The second kappa shape index (κ2) is 5.89. The van der Waals surface area contributed by atoms with Gasteiger partial charge in [-0.2, -0.15) is 0 Å². The molecule has 0 aliphatic carbocycles. The molecule has 3 rings (SSSR count). The van der Waals surface area contributed by atoms with Gasteiger partial charge in [0.2, 0.25) is 0 Å². The van der Waals surface area contributed by atoms with Crippen LogP contribution in [0.2, 0.25) is 0 Å². The average Bonchev–Trinajstić information content (AvgIpc) is 2.97. The highest BCUT2D eigenvalue weighted by atomic mass is 32.1. The molecule has 1 heterocycles. The quantitative estimate of drug-likeness (QED) is 0.645. The molecule has 2 heteroatoms. The summed E-state index contributed by atoms with van der Waals surface area (Å²) in [5.74, 6) is 0. The van der Waals surface area contributed by atoms with Gasteiger partial charge < -0.3 is 5.32 Å². The first kappa shape index (κ1) is 12.2. The summed E-state index contributed by atoms with van der Waals surface area (Å²) in [5.41, 5.74) is 1.24. The monoisotopic (exact) mass is 267 g/mol. The van der Waals surface area contributed by atoms with Gasteiger partial charge in [0, 0.05) is 22.5 Å². The lowest BCUT2D eigenvalue weighted by Crippen LogP contribution is -2.02. The highest BCUT2D eigenvalue weighted by Gasteiger charge is 1.99. The molecule has 0 spiro atoms. The van der Waals surface area contributed by atoms with Crippen LogP contribution in [0.25, 0.3) is 10.8 Å². The predicted molar refractivity (Wildman–Crippen MR) is 85.1 cm³/mol. The van der Waals surface area contributed by atoms with E-state index in [0.717, 1.165) is 13.0 Å². The van der Waals surface area contributed by atoms with E-state index >= 15 is 0 Å². The molecule has 0 aliphatic heterocycles. The molecule has 1 nitrogen and oxygen atoms in total. The third-order valence-electron chi connectivity index (χ3n) is 3.29. The third-order valence-corrected chi connectivity index (χ3v) is 4.22. The van der Waals surface area contributed by atoms with Crippen LogP contribution < -0.4 is 5.32 Å². The molecule has 2 aromatic carbocycles. The van der Waals surface area contributed by atoms with Crippen LogP contribution in [0, 0.1) is 0 Å². The number of thiophene rings is 1. The van der Waals surface area contributed by atoms with Crippen molar-refractivity contribution in [1.82, 2.24) is 0 Å². The van der Waals surface area contributed by atoms with Crippen molar-refractivity contribution in [2.45, 2.75) is 12.8 Å². The standard InChI is InChI=1S/C17H17NS/c1-2-10-16-14(6-1)7-3-11-17(16)18-12-4-8-15-9-5-13-19-15/h1-3,5-7,9-11,13,18H,4,8,12H2. The normalized spacial score (nSPS) is 10.7. The molecule has 0 radical (unpaired) electrons. The van der Waals surface area contributed by atoms with Gasteiger partial charge in [0.1, 0.15) is 0 Å². The van der Waals surface area contributed by atoms with Crippen molar-refractivity contribution in [2.24, 2.45) is 0 Å². The Kier molecular flexibility index (Phi) is 3.80. The van der Waals surface area contributed by atoms with Crippen molar-refractivity contribution in [3.05, 3.63) is 64.9 Å². The zero-order valence-corrected chi connectivity index (χ0v) is 11.6. The molecular weight excluding hydrogens is 250 g/mol. The molecule has 3 aromatic rings. The molecule has 0 aliphatic rings. The Morgan fingerprint density at radius 3 is 2.68 bits per heavy atom. The number of fused-ring (bicyclic) bond motifs is 1.